The van der Waals surface area contributed by atoms with Gasteiger partial charge in [0.2, 0.25) is 0 Å². The number of carbonyl (C=O) groups excluding carboxylic acids is 1. The van der Waals surface area contributed by atoms with Crippen LogP contribution in [0, 0.1) is 0 Å². The summed E-state index contributed by atoms with van der Waals surface area (Å²) in [6.07, 6.45) is 0.396. The predicted octanol–water partition coefficient (Wildman–Crippen LogP) is 1.60. The third kappa shape index (κ3) is 3.62. The first kappa shape index (κ1) is 12.2. The SMILES string of the molecule is O=[As]c1ccc(NC(=O)Cc2cccs2)cc1. The van der Waals surface area contributed by atoms with Gasteiger partial charge in [-0.15, -0.1) is 0 Å². The van der Waals surface area contributed by atoms with Crippen LogP contribution in [0.4, 0.5) is 5.69 Å². The van der Waals surface area contributed by atoms with E-state index in [9.17, 15) is 8.53 Å². The molecule has 0 bridgehead atoms. The summed E-state index contributed by atoms with van der Waals surface area (Å²) in [6.45, 7) is 0. The third-order valence-corrected chi connectivity index (χ3v) is 4.12. The summed E-state index contributed by atoms with van der Waals surface area (Å²) >= 11 is 0.581. The van der Waals surface area contributed by atoms with Crippen molar-refractivity contribution in [2.45, 2.75) is 6.42 Å². The Morgan fingerprint density at radius 1 is 1.24 bits per heavy atom. The van der Waals surface area contributed by atoms with Crippen LogP contribution in [0.3, 0.4) is 0 Å². The third-order valence-electron chi connectivity index (χ3n) is 2.17. The standard InChI is InChI=1S/C12H10AsNO2S/c15-12(8-11-2-1-7-17-11)14-10-5-3-9(13-16)4-6-10/h1-7H,8H2,(H,14,15). The summed E-state index contributed by atoms with van der Waals surface area (Å²) in [4.78, 5) is 12.7. The van der Waals surface area contributed by atoms with E-state index in [1.165, 1.54) is 0 Å². The first-order chi connectivity index (χ1) is 8.28. The van der Waals surface area contributed by atoms with Crippen molar-refractivity contribution in [2.24, 2.45) is 0 Å². The van der Waals surface area contributed by atoms with Crippen molar-refractivity contribution in [1.29, 1.82) is 0 Å². The van der Waals surface area contributed by atoms with E-state index < -0.39 is 15.7 Å². The molecule has 17 heavy (non-hydrogen) atoms. The van der Waals surface area contributed by atoms with Crippen LogP contribution >= 0.6 is 11.3 Å². The van der Waals surface area contributed by atoms with Crippen LogP contribution in [0.25, 0.3) is 0 Å². The average Bonchev–Trinajstić information content (AvgIpc) is 2.82. The maximum absolute atomic E-state index is 11.7. The molecule has 0 fully saturated rings. The van der Waals surface area contributed by atoms with E-state index in [1.54, 1.807) is 35.6 Å². The Kier molecular flexibility index (Phi) is 4.23. The molecular formula is C12H10AsNO2S. The van der Waals surface area contributed by atoms with Gasteiger partial charge >= 0.3 is 110 Å². The molecule has 0 saturated heterocycles. The summed E-state index contributed by atoms with van der Waals surface area (Å²) < 4.78 is 11.5. The molecule has 1 aromatic heterocycles. The van der Waals surface area contributed by atoms with Crippen molar-refractivity contribution in [3.05, 3.63) is 46.7 Å². The number of anilines is 1. The van der Waals surface area contributed by atoms with Crippen LogP contribution in [0.2, 0.25) is 0 Å². The van der Waals surface area contributed by atoms with Gasteiger partial charge in [0.25, 0.3) is 0 Å². The number of carbonyl (C=O) groups is 1. The Hall–Kier alpha value is -1.25. The molecule has 3 nitrogen and oxygen atoms in total. The number of amides is 1. The zero-order chi connectivity index (χ0) is 12.1. The van der Waals surface area contributed by atoms with Gasteiger partial charge in [-0.2, -0.15) is 0 Å². The van der Waals surface area contributed by atoms with Crippen LogP contribution < -0.4 is 9.67 Å². The zero-order valence-corrected chi connectivity index (χ0v) is 11.6. The minimum atomic E-state index is -0.989. The van der Waals surface area contributed by atoms with Gasteiger partial charge in [-0.3, -0.25) is 0 Å². The zero-order valence-electron chi connectivity index (χ0n) is 8.92. The molecule has 0 aliphatic heterocycles. The van der Waals surface area contributed by atoms with E-state index in [0.29, 0.717) is 6.42 Å². The number of thiophene rings is 1. The van der Waals surface area contributed by atoms with Gasteiger partial charge < -0.3 is 0 Å². The van der Waals surface area contributed by atoms with Crippen LogP contribution in [0.15, 0.2) is 41.8 Å². The molecule has 0 unspecified atom stereocenters. The van der Waals surface area contributed by atoms with E-state index in [4.69, 9.17) is 0 Å². The Balaban J connectivity index is 1.95. The molecule has 0 atom stereocenters. The summed E-state index contributed by atoms with van der Waals surface area (Å²) in [5, 5.41) is 4.76. The van der Waals surface area contributed by atoms with Crippen molar-refractivity contribution in [3.63, 3.8) is 0 Å². The molecule has 0 saturated carbocycles. The van der Waals surface area contributed by atoms with Crippen LogP contribution in [-0.4, -0.2) is 21.6 Å². The number of hydrogen-bond donors (Lipinski definition) is 1. The summed E-state index contributed by atoms with van der Waals surface area (Å²) in [6, 6.07) is 11.0. The van der Waals surface area contributed by atoms with Gasteiger partial charge in [-0.1, -0.05) is 0 Å². The fourth-order valence-corrected chi connectivity index (χ4v) is 2.65. The van der Waals surface area contributed by atoms with E-state index >= 15 is 0 Å². The summed E-state index contributed by atoms with van der Waals surface area (Å²) in [7, 11) is 0. The molecule has 0 spiro atoms. The fraction of sp³-hybridized carbons (Fsp3) is 0.0833. The molecule has 1 N–H and O–H groups in total. The van der Waals surface area contributed by atoms with E-state index in [2.05, 4.69) is 5.32 Å². The van der Waals surface area contributed by atoms with Crippen molar-refractivity contribution in [1.82, 2.24) is 0 Å². The number of nitrogens with one attached hydrogen (secondary N) is 1. The van der Waals surface area contributed by atoms with Gasteiger partial charge in [0.05, 0.1) is 0 Å². The average molecular weight is 307 g/mol. The number of benzene rings is 1. The molecule has 1 aromatic carbocycles. The quantitative estimate of drug-likeness (QED) is 0.872. The van der Waals surface area contributed by atoms with Gasteiger partial charge in [-0.05, 0) is 0 Å². The second-order valence-corrected chi connectivity index (χ2v) is 5.94. The molecule has 0 radical (unpaired) electrons. The van der Waals surface area contributed by atoms with Gasteiger partial charge in [-0.25, -0.2) is 0 Å². The molecule has 86 valence electrons. The number of rotatable bonds is 4. The Morgan fingerprint density at radius 2 is 2.00 bits per heavy atom. The molecule has 2 aromatic rings. The van der Waals surface area contributed by atoms with E-state index in [0.717, 1.165) is 14.9 Å². The molecule has 5 heteroatoms. The monoisotopic (exact) mass is 307 g/mol. The summed E-state index contributed by atoms with van der Waals surface area (Å²) in [5.74, 6) is -0.0319. The topological polar surface area (TPSA) is 46.2 Å². The first-order valence-electron chi connectivity index (χ1n) is 5.03. The second-order valence-electron chi connectivity index (χ2n) is 3.44. The summed E-state index contributed by atoms with van der Waals surface area (Å²) in [5.41, 5.74) is 0.741. The molecule has 0 aliphatic carbocycles. The molecule has 2 rings (SSSR count). The Bertz CT molecular complexity index is 508. The van der Waals surface area contributed by atoms with Gasteiger partial charge in [0.1, 0.15) is 0 Å². The fourth-order valence-electron chi connectivity index (χ4n) is 1.38. The normalized spacial score (nSPS) is 10.4. The van der Waals surface area contributed by atoms with E-state index in [-0.39, 0.29) is 5.91 Å². The molecule has 1 heterocycles. The molecular weight excluding hydrogens is 297 g/mol. The van der Waals surface area contributed by atoms with Crippen LogP contribution in [-0.2, 0) is 15.0 Å². The van der Waals surface area contributed by atoms with Crippen molar-refractivity contribution < 1.29 is 8.53 Å². The molecule has 1 amide bonds. The maximum atomic E-state index is 11.7. The number of hydrogen-bond acceptors (Lipinski definition) is 3. The van der Waals surface area contributed by atoms with Gasteiger partial charge in [0, 0.05) is 0 Å². The predicted molar refractivity (Wildman–Crippen MR) is 69.2 cm³/mol. The second kappa shape index (κ2) is 5.89. The van der Waals surface area contributed by atoms with Crippen LogP contribution in [0.5, 0.6) is 0 Å². The Morgan fingerprint density at radius 3 is 2.59 bits per heavy atom. The van der Waals surface area contributed by atoms with Crippen LogP contribution in [0.1, 0.15) is 4.88 Å². The van der Waals surface area contributed by atoms with Crippen molar-refractivity contribution >= 4 is 43.0 Å². The van der Waals surface area contributed by atoms with E-state index in [1.807, 2.05) is 17.5 Å². The minimum absolute atomic E-state index is 0.0319. The van der Waals surface area contributed by atoms with Crippen molar-refractivity contribution in [3.8, 4) is 0 Å². The first-order valence-corrected chi connectivity index (χ1v) is 7.62. The Labute approximate surface area is 110 Å². The van der Waals surface area contributed by atoms with Gasteiger partial charge in [0.15, 0.2) is 0 Å². The molecule has 0 aliphatic rings. The van der Waals surface area contributed by atoms with Crippen molar-refractivity contribution in [2.75, 3.05) is 5.32 Å².